The van der Waals surface area contributed by atoms with Crippen LogP contribution in [-0.4, -0.2) is 0 Å². The van der Waals surface area contributed by atoms with E-state index in [1.54, 1.807) is 6.08 Å². The quantitative estimate of drug-likeness (QED) is 0.603. The van der Waals surface area contributed by atoms with Crippen LogP contribution in [0, 0.1) is 6.92 Å². The first-order valence-electron chi connectivity index (χ1n) is 4.29. The lowest BCUT2D eigenvalue weighted by atomic mass is 10.1. The van der Waals surface area contributed by atoms with Crippen LogP contribution in [0.4, 0.5) is 0 Å². The smallest absolute Gasteiger partial charge is 0.0190 e. The number of rotatable bonds is 3. The van der Waals surface area contributed by atoms with Gasteiger partial charge in [0, 0.05) is 0 Å². The fourth-order valence-electron chi connectivity index (χ4n) is 1.05. The normalized spacial score (nSPS) is 8.87. The second-order valence-corrected chi connectivity index (χ2v) is 2.99. The molecule has 82 valence electrons. The molecule has 0 aliphatic rings. The molecule has 0 aliphatic heterocycles. The molecule has 0 heteroatoms. The summed E-state index contributed by atoms with van der Waals surface area (Å²) in [4.78, 5) is 0. The first kappa shape index (κ1) is 15.9. The van der Waals surface area contributed by atoms with Gasteiger partial charge in [0.05, 0.1) is 0 Å². The van der Waals surface area contributed by atoms with Gasteiger partial charge < -0.3 is 0 Å². The van der Waals surface area contributed by atoms with Gasteiger partial charge in [-0.2, -0.15) is 0 Å². The van der Waals surface area contributed by atoms with E-state index in [1.807, 2.05) is 12.2 Å². The molecule has 1 aromatic rings. The second kappa shape index (κ2) is 7.81. The molecule has 0 aliphatic carbocycles. The number of allylic oxidation sites excluding steroid dienone is 4. The van der Waals surface area contributed by atoms with E-state index in [9.17, 15) is 0 Å². The molecule has 0 atom stereocenters. The molecule has 0 N–H and O–H groups in total. The summed E-state index contributed by atoms with van der Waals surface area (Å²) >= 11 is 0. The summed E-state index contributed by atoms with van der Waals surface area (Å²) in [6.45, 7) is 9.65. The Morgan fingerprint density at radius 1 is 1.13 bits per heavy atom. The van der Waals surface area contributed by atoms with E-state index in [0.717, 1.165) is 11.1 Å². The van der Waals surface area contributed by atoms with E-state index >= 15 is 0 Å². The summed E-state index contributed by atoms with van der Waals surface area (Å²) in [5.74, 6) is 0. The zero-order valence-corrected chi connectivity index (χ0v) is 7.96. The number of hydrogen-bond donors (Lipinski definition) is 0. The van der Waals surface area contributed by atoms with Crippen molar-refractivity contribution in [3.05, 3.63) is 66.8 Å². The lowest BCUT2D eigenvalue weighted by Crippen LogP contribution is -1.78. The molecular formula is C15H22. The van der Waals surface area contributed by atoms with Crippen LogP contribution in [0.2, 0.25) is 0 Å². The fraction of sp³-hybridized carbons (Fsp3) is 0.200. The summed E-state index contributed by atoms with van der Waals surface area (Å²) in [5, 5.41) is 0. The fourth-order valence-corrected chi connectivity index (χ4v) is 1.05. The molecule has 0 aromatic heterocycles. The molecule has 0 radical (unpaired) electrons. The molecule has 0 saturated heterocycles. The van der Waals surface area contributed by atoms with Crippen LogP contribution in [-0.2, 0) is 0 Å². The van der Waals surface area contributed by atoms with Crippen LogP contribution in [0.3, 0.4) is 0 Å². The Balaban J connectivity index is 0. The van der Waals surface area contributed by atoms with Crippen LogP contribution in [0.5, 0.6) is 0 Å². The van der Waals surface area contributed by atoms with Crippen molar-refractivity contribution >= 4 is 5.57 Å². The van der Waals surface area contributed by atoms with Gasteiger partial charge in [-0.25, -0.2) is 0 Å². The third-order valence-corrected chi connectivity index (χ3v) is 1.86. The van der Waals surface area contributed by atoms with Crippen molar-refractivity contribution in [2.45, 2.75) is 21.8 Å². The van der Waals surface area contributed by atoms with Gasteiger partial charge in [-0.15, -0.1) is 0 Å². The van der Waals surface area contributed by atoms with Gasteiger partial charge in [0.2, 0.25) is 0 Å². The highest BCUT2D eigenvalue weighted by atomic mass is 14.0. The maximum Gasteiger partial charge on any atom is -0.0190 e. The third kappa shape index (κ3) is 5.02. The zero-order valence-electron chi connectivity index (χ0n) is 7.96. The summed E-state index contributed by atoms with van der Waals surface area (Å²) in [7, 11) is 0. The van der Waals surface area contributed by atoms with Crippen molar-refractivity contribution in [3.63, 3.8) is 0 Å². The molecule has 15 heavy (non-hydrogen) atoms. The van der Waals surface area contributed by atoms with E-state index in [-0.39, 0.29) is 14.9 Å². The van der Waals surface area contributed by atoms with Crippen molar-refractivity contribution in [1.29, 1.82) is 0 Å². The molecule has 0 saturated carbocycles. The van der Waals surface area contributed by atoms with Crippen molar-refractivity contribution in [3.8, 4) is 0 Å². The largest absolute Gasteiger partial charge is 0.0991 e. The van der Waals surface area contributed by atoms with Gasteiger partial charge in [-0.1, -0.05) is 76.1 Å². The van der Waals surface area contributed by atoms with E-state index in [1.165, 1.54) is 5.56 Å². The highest BCUT2D eigenvalue weighted by molar-refractivity contribution is 5.72. The number of hydrogen-bond acceptors (Lipinski definition) is 0. The zero-order chi connectivity index (χ0) is 9.68. The first-order valence-corrected chi connectivity index (χ1v) is 4.29. The monoisotopic (exact) mass is 202 g/mol. The lowest BCUT2D eigenvalue weighted by Gasteiger charge is -1.99. The molecule has 0 unspecified atom stereocenters. The lowest BCUT2D eigenvalue weighted by molar-refractivity contribution is 1.46. The average molecular weight is 202 g/mol. The van der Waals surface area contributed by atoms with E-state index in [2.05, 4.69) is 44.3 Å². The molecule has 0 spiro atoms. The van der Waals surface area contributed by atoms with E-state index < -0.39 is 0 Å². The van der Waals surface area contributed by atoms with Crippen LogP contribution in [0.15, 0.2) is 55.7 Å². The Kier molecular flexibility index (Phi) is 8.27. The summed E-state index contributed by atoms with van der Waals surface area (Å²) in [6, 6.07) is 8.32. The SMILES string of the molecule is C.C.C=C/C=C\C(=C)c1ccc(C)cc1. The topological polar surface area (TPSA) is 0 Å². The highest BCUT2D eigenvalue weighted by Crippen LogP contribution is 2.14. The minimum absolute atomic E-state index is 0. The van der Waals surface area contributed by atoms with E-state index in [0.29, 0.717) is 0 Å². The maximum atomic E-state index is 3.96. The van der Waals surface area contributed by atoms with Crippen molar-refractivity contribution < 1.29 is 0 Å². The molecule has 1 rings (SSSR count). The van der Waals surface area contributed by atoms with Gasteiger partial charge in [0.25, 0.3) is 0 Å². The predicted octanol–water partition coefficient (Wildman–Crippen LogP) is 5.02. The third-order valence-electron chi connectivity index (χ3n) is 1.86. The average Bonchev–Trinajstić information content (AvgIpc) is 2.15. The van der Waals surface area contributed by atoms with Crippen LogP contribution in [0.1, 0.15) is 26.0 Å². The second-order valence-electron chi connectivity index (χ2n) is 2.99. The molecule has 1 aromatic carbocycles. The molecular weight excluding hydrogens is 180 g/mol. The van der Waals surface area contributed by atoms with Gasteiger partial charge in [0.15, 0.2) is 0 Å². The van der Waals surface area contributed by atoms with Crippen molar-refractivity contribution in [1.82, 2.24) is 0 Å². The van der Waals surface area contributed by atoms with Gasteiger partial charge >= 0.3 is 0 Å². The summed E-state index contributed by atoms with van der Waals surface area (Å²) in [5.41, 5.74) is 3.44. The van der Waals surface area contributed by atoms with Gasteiger partial charge in [-0.3, -0.25) is 0 Å². The Hall–Kier alpha value is -1.56. The van der Waals surface area contributed by atoms with Crippen molar-refractivity contribution in [2.24, 2.45) is 0 Å². The Bertz CT molecular complexity index is 326. The highest BCUT2D eigenvalue weighted by Gasteiger charge is 1.92. The Morgan fingerprint density at radius 2 is 1.67 bits per heavy atom. The van der Waals surface area contributed by atoms with Gasteiger partial charge in [-0.05, 0) is 18.1 Å². The molecule has 0 bridgehead atoms. The maximum absolute atomic E-state index is 3.96. The molecule has 0 heterocycles. The minimum Gasteiger partial charge on any atom is -0.0991 e. The standard InChI is InChI=1S/C13H14.2CH4/c1-4-5-6-12(3)13-9-7-11(2)8-10-13;;/h4-10H,1,3H2,2H3;2*1H4/b6-5-;;. The molecule has 0 fully saturated rings. The van der Waals surface area contributed by atoms with E-state index in [4.69, 9.17) is 0 Å². The number of benzene rings is 1. The number of aryl methyl sites for hydroxylation is 1. The van der Waals surface area contributed by atoms with Crippen LogP contribution in [0.25, 0.3) is 5.57 Å². The van der Waals surface area contributed by atoms with Crippen LogP contribution < -0.4 is 0 Å². The van der Waals surface area contributed by atoms with Gasteiger partial charge in [0.1, 0.15) is 0 Å². The molecule has 0 amide bonds. The van der Waals surface area contributed by atoms with Crippen molar-refractivity contribution in [2.75, 3.05) is 0 Å². The van der Waals surface area contributed by atoms with Crippen LogP contribution >= 0.6 is 0 Å². The Morgan fingerprint density at radius 3 is 2.13 bits per heavy atom. The summed E-state index contributed by atoms with van der Waals surface area (Å²) in [6.07, 6.45) is 5.60. The summed E-state index contributed by atoms with van der Waals surface area (Å²) < 4.78 is 0. The minimum atomic E-state index is 0. The predicted molar refractivity (Wildman–Crippen MR) is 73.0 cm³/mol. The Labute approximate surface area is 94.7 Å². The first-order chi connectivity index (χ1) is 6.24. The molecule has 0 nitrogen and oxygen atoms in total.